The molecule has 1 saturated heterocycles. The van der Waals surface area contributed by atoms with Gasteiger partial charge in [-0.2, -0.15) is 0 Å². The zero-order valence-corrected chi connectivity index (χ0v) is 16.4. The average molecular weight is 368 g/mol. The SMILES string of the molecule is COc1ccc(C(O)(CCN2CCCCC2)C2CCCCC2)cc1.Cl. The summed E-state index contributed by atoms with van der Waals surface area (Å²) in [7, 11) is 1.69. The van der Waals surface area contributed by atoms with Crippen molar-refractivity contribution in [3.8, 4) is 5.75 Å². The largest absolute Gasteiger partial charge is 0.497 e. The third-order valence-corrected chi connectivity index (χ3v) is 6.13. The lowest BCUT2D eigenvalue weighted by molar-refractivity contribution is -0.0529. The first-order chi connectivity index (χ1) is 11.7. The summed E-state index contributed by atoms with van der Waals surface area (Å²) in [4.78, 5) is 2.54. The van der Waals surface area contributed by atoms with Crippen LogP contribution in [0.2, 0.25) is 0 Å². The monoisotopic (exact) mass is 367 g/mol. The minimum absolute atomic E-state index is 0. The van der Waals surface area contributed by atoms with E-state index in [0.717, 1.165) is 37.1 Å². The number of likely N-dealkylation sites (tertiary alicyclic amines) is 1. The highest BCUT2D eigenvalue weighted by molar-refractivity contribution is 5.85. The maximum absolute atomic E-state index is 11.7. The Morgan fingerprint density at radius 2 is 1.60 bits per heavy atom. The summed E-state index contributed by atoms with van der Waals surface area (Å²) < 4.78 is 5.29. The molecule has 1 unspecified atom stereocenters. The van der Waals surface area contributed by atoms with Crippen molar-refractivity contribution in [3.05, 3.63) is 29.8 Å². The zero-order valence-electron chi connectivity index (χ0n) is 15.6. The molecule has 1 aromatic rings. The summed E-state index contributed by atoms with van der Waals surface area (Å²) in [5.41, 5.74) is 0.386. The van der Waals surface area contributed by atoms with Crippen molar-refractivity contribution < 1.29 is 9.84 Å². The van der Waals surface area contributed by atoms with Gasteiger partial charge in [0.15, 0.2) is 0 Å². The van der Waals surface area contributed by atoms with Gasteiger partial charge in [0.1, 0.15) is 5.75 Å². The Morgan fingerprint density at radius 1 is 1.00 bits per heavy atom. The number of piperidine rings is 1. The van der Waals surface area contributed by atoms with Gasteiger partial charge in [-0.25, -0.2) is 0 Å². The van der Waals surface area contributed by atoms with Crippen LogP contribution in [0.4, 0.5) is 0 Å². The van der Waals surface area contributed by atoms with Crippen LogP contribution in [0.1, 0.15) is 63.4 Å². The lowest BCUT2D eigenvalue weighted by Gasteiger charge is -2.41. The van der Waals surface area contributed by atoms with E-state index in [1.54, 1.807) is 7.11 Å². The van der Waals surface area contributed by atoms with Crippen LogP contribution in [0.25, 0.3) is 0 Å². The van der Waals surface area contributed by atoms with Crippen LogP contribution in [-0.4, -0.2) is 36.8 Å². The molecule has 0 radical (unpaired) electrons. The van der Waals surface area contributed by atoms with Gasteiger partial charge >= 0.3 is 0 Å². The Kier molecular flexibility index (Phi) is 8.05. The molecule has 2 aliphatic rings. The minimum Gasteiger partial charge on any atom is -0.497 e. The molecule has 1 atom stereocenters. The van der Waals surface area contributed by atoms with E-state index in [1.165, 1.54) is 51.6 Å². The number of halogens is 1. The van der Waals surface area contributed by atoms with Gasteiger partial charge in [-0.1, -0.05) is 37.8 Å². The molecule has 0 amide bonds. The molecule has 3 nitrogen and oxygen atoms in total. The molecular weight excluding hydrogens is 334 g/mol. The van der Waals surface area contributed by atoms with Gasteiger partial charge in [-0.3, -0.25) is 0 Å². The standard InChI is InChI=1S/C21H33NO2.ClH/c1-24-20-12-10-19(11-13-20)21(23,18-8-4-2-5-9-18)14-17-22-15-6-3-7-16-22;/h10-13,18,23H,2-9,14-17H2,1H3;1H. The molecule has 1 heterocycles. The van der Waals surface area contributed by atoms with Crippen LogP contribution in [0.5, 0.6) is 5.75 Å². The van der Waals surface area contributed by atoms with Crippen LogP contribution in [-0.2, 0) is 5.60 Å². The summed E-state index contributed by atoms with van der Waals surface area (Å²) in [6.45, 7) is 3.41. The van der Waals surface area contributed by atoms with E-state index in [1.807, 2.05) is 12.1 Å². The van der Waals surface area contributed by atoms with Gasteiger partial charge in [0.2, 0.25) is 0 Å². The van der Waals surface area contributed by atoms with E-state index in [2.05, 4.69) is 17.0 Å². The fourth-order valence-electron chi connectivity index (χ4n) is 4.56. The Morgan fingerprint density at radius 3 is 2.20 bits per heavy atom. The molecule has 142 valence electrons. The molecule has 3 rings (SSSR count). The van der Waals surface area contributed by atoms with Gasteiger partial charge in [0, 0.05) is 6.54 Å². The second-order valence-electron chi connectivity index (χ2n) is 7.64. The average Bonchev–Trinajstić information content (AvgIpc) is 2.68. The lowest BCUT2D eigenvalue weighted by atomic mass is 9.71. The van der Waals surface area contributed by atoms with E-state index >= 15 is 0 Å². The highest BCUT2D eigenvalue weighted by Gasteiger charge is 2.39. The second-order valence-corrected chi connectivity index (χ2v) is 7.64. The van der Waals surface area contributed by atoms with Crippen molar-refractivity contribution >= 4 is 12.4 Å². The van der Waals surface area contributed by atoms with Crippen molar-refractivity contribution in [2.24, 2.45) is 5.92 Å². The quantitative estimate of drug-likeness (QED) is 0.786. The molecule has 1 aliphatic heterocycles. The smallest absolute Gasteiger partial charge is 0.118 e. The number of rotatable bonds is 6. The Bertz CT molecular complexity index is 495. The maximum atomic E-state index is 11.7. The second kappa shape index (κ2) is 9.80. The number of aliphatic hydroxyl groups is 1. The highest BCUT2D eigenvalue weighted by Crippen LogP contribution is 2.42. The lowest BCUT2D eigenvalue weighted by Crippen LogP contribution is -2.41. The fourth-order valence-corrected chi connectivity index (χ4v) is 4.56. The molecule has 1 aromatic carbocycles. The van der Waals surface area contributed by atoms with Crippen molar-refractivity contribution in [2.45, 2.75) is 63.4 Å². The Balaban J connectivity index is 0.00000225. The summed E-state index contributed by atoms with van der Waals surface area (Å²) in [6.07, 6.45) is 11.0. The number of methoxy groups -OCH3 is 1. The highest BCUT2D eigenvalue weighted by atomic mass is 35.5. The van der Waals surface area contributed by atoms with Gasteiger partial charge in [-0.15, -0.1) is 12.4 Å². The molecule has 1 N–H and O–H groups in total. The van der Waals surface area contributed by atoms with E-state index in [-0.39, 0.29) is 12.4 Å². The molecule has 25 heavy (non-hydrogen) atoms. The molecule has 0 bridgehead atoms. The summed E-state index contributed by atoms with van der Waals surface area (Å²) >= 11 is 0. The number of hydrogen-bond donors (Lipinski definition) is 1. The van der Waals surface area contributed by atoms with Gasteiger partial charge in [0.25, 0.3) is 0 Å². The third-order valence-electron chi connectivity index (χ3n) is 6.13. The molecule has 1 saturated carbocycles. The summed E-state index contributed by atoms with van der Waals surface area (Å²) in [5, 5.41) is 11.7. The Hall–Kier alpha value is -0.770. The van der Waals surface area contributed by atoms with Crippen LogP contribution in [0.3, 0.4) is 0 Å². The number of ether oxygens (including phenoxy) is 1. The topological polar surface area (TPSA) is 32.7 Å². The number of benzene rings is 1. The maximum Gasteiger partial charge on any atom is 0.118 e. The van der Waals surface area contributed by atoms with Crippen LogP contribution >= 0.6 is 12.4 Å². The molecule has 4 heteroatoms. The molecular formula is C21H34ClNO2. The third kappa shape index (κ3) is 5.12. The molecule has 1 aliphatic carbocycles. The van der Waals surface area contributed by atoms with Gasteiger partial charge in [0.05, 0.1) is 12.7 Å². The normalized spacial score (nSPS) is 22.0. The number of hydrogen-bond acceptors (Lipinski definition) is 3. The van der Waals surface area contributed by atoms with E-state index in [0.29, 0.717) is 5.92 Å². The Labute approximate surface area is 159 Å². The van der Waals surface area contributed by atoms with Crippen LogP contribution < -0.4 is 4.74 Å². The van der Waals surface area contributed by atoms with Gasteiger partial charge < -0.3 is 14.7 Å². The first kappa shape index (κ1) is 20.5. The first-order valence-electron chi connectivity index (χ1n) is 9.81. The van der Waals surface area contributed by atoms with E-state index in [4.69, 9.17) is 4.74 Å². The van der Waals surface area contributed by atoms with Gasteiger partial charge in [-0.05, 0) is 68.8 Å². The molecule has 0 spiro atoms. The van der Waals surface area contributed by atoms with Crippen molar-refractivity contribution in [1.82, 2.24) is 4.90 Å². The summed E-state index contributed by atoms with van der Waals surface area (Å²) in [6, 6.07) is 8.13. The fraction of sp³-hybridized carbons (Fsp3) is 0.714. The van der Waals surface area contributed by atoms with Crippen molar-refractivity contribution in [2.75, 3.05) is 26.7 Å². The summed E-state index contributed by atoms with van der Waals surface area (Å²) in [5.74, 6) is 1.25. The first-order valence-corrected chi connectivity index (χ1v) is 9.81. The van der Waals surface area contributed by atoms with Crippen LogP contribution in [0, 0.1) is 5.92 Å². The minimum atomic E-state index is -0.690. The van der Waals surface area contributed by atoms with Crippen molar-refractivity contribution in [3.63, 3.8) is 0 Å². The molecule has 0 aromatic heterocycles. The van der Waals surface area contributed by atoms with E-state index < -0.39 is 5.60 Å². The predicted octanol–water partition coefficient (Wildman–Crippen LogP) is 4.76. The molecule has 2 fully saturated rings. The van der Waals surface area contributed by atoms with Crippen molar-refractivity contribution in [1.29, 1.82) is 0 Å². The number of nitrogens with zero attached hydrogens (tertiary/aromatic N) is 1. The van der Waals surface area contributed by atoms with Crippen LogP contribution in [0.15, 0.2) is 24.3 Å². The van der Waals surface area contributed by atoms with E-state index in [9.17, 15) is 5.11 Å². The zero-order chi connectivity index (χ0) is 16.8. The predicted molar refractivity (Wildman–Crippen MR) is 106 cm³/mol.